The monoisotopic (exact) mass is 383 g/mol. The molecule has 0 aliphatic heterocycles. The molecule has 0 heterocycles. The Morgan fingerprint density at radius 1 is 1.14 bits per heavy atom. The van der Waals surface area contributed by atoms with Crippen LogP contribution in [0.25, 0.3) is 0 Å². The summed E-state index contributed by atoms with van der Waals surface area (Å²) >= 11 is 3.29. The van der Waals surface area contributed by atoms with Crippen molar-refractivity contribution < 1.29 is 13.2 Å². The SMILES string of the molecule is COc1ccc(Br)cc1S(=O)(=O)Nc1cccc(C(C)C)c1. The summed E-state index contributed by atoms with van der Waals surface area (Å²) in [5.74, 6) is 0.626. The van der Waals surface area contributed by atoms with Crippen molar-refractivity contribution in [3.63, 3.8) is 0 Å². The van der Waals surface area contributed by atoms with Crippen LogP contribution in [0.5, 0.6) is 5.75 Å². The molecule has 6 heteroatoms. The Labute approximate surface area is 139 Å². The quantitative estimate of drug-likeness (QED) is 0.832. The first-order valence-electron chi connectivity index (χ1n) is 6.80. The molecule has 1 N–H and O–H groups in total. The smallest absolute Gasteiger partial charge is 0.265 e. The number of halogens is 1. The van der Waals surface area contributed by atoms with Gasteiger partial charge in [-0.3, -0.25) is 4.72 Å². The zero-order valence-electron chi connectivity index (χ0n) is 12.6. The fourth-order valence-electron chi connectivity index (χ4n) is 2.03. The summed E-state index contributed by atoms with van der Waals surface area (Å²) in [4.78, 5) is 0.0966. The molecule has 0 saturated carbocycles. The lowest BCUT2D eigenvalue weighted by atomic mass is 10.0. The van der Waals surface area contributed by atoms with E-state index in [9.17, 15) is 8.42 Å². The van der Waals surface area contributed by atoms with Gasteiger partial charge in [-0.1, -0.05) is 41.9 Å². The van der Waals surface area contributed by atoms with Gasteiger partial charge in [-0.15, -0.1) is 0 Å². The fourth-order valence-corrected chi connectivity index (χ4v) is 3.79. The summed E-state index contributed by atoms with van der Waals surface area (Å²) < 4.78 is 33.6. The van der Waals surface area contributed by atoms with Gasteiger partial charge in [0.15, 0.2) is 0 Å². The van der Waals surface area contributed by atoms with Gasteiger partial charge < -0.3 is 4.74 Å². The van der Waals surface area contributed by atoms with Gasteiger partial charge in [-0.25, -0.2) is 8.42 Å². The van der Waals surface area contributed by atoms with Crippen LogP contribution in [-0.4, -0.2) is 15.5 Å². The second-order valence-electron chi connectivity index (χ2n) is 5.18. The standard InChI is InChI=1S/C16H18BrNO3S/c1-11(2)12-5-4-6-14(9-12)18-22(19,20)16-10-13(17)7-8-15(16)21-3/h4-11,18H,1-3H3. The molecule has 2 rings (SSSR count). The first-order chi connectivity index (χ1) is 10.3. The Kier molecular flexibility index (Phi) is 5.13. The summed E-state index contributed by atoms with van der Waals surface area (Å²) in [5.41, 5.74) is 1.61. The number of hydrogen-bond acceptors (Lipinski definition) is 3. The molecule has 0 unspecified atom stereocenters. The average Bonchev–Trinajstić information content (AvgIpc) is 2.47. The minimum atomic E-state index is -3.73. The Hall–Kier alpha value is -1.53. The highest BCUT2D eigenvalue weighted by Gasteiger charge is 2.20. The van der Waals surface area contributed by atoms with Gasteiger partial charge in [0.05, 0.1) is 7.11 Å². The van der Waals surface area contributed by atoms with E-state index < -0.39 is 10.0 Å². The molecule has 0 spiro atoms. The third-order valence-electron chi connectivity index (χ3n) is 3.22. The molecule has 0 atom stereocenters. The van der Waals surface area contributed by atoms with Crippen molar-refractivity contribution in [2.45, 2.75) is 24.7 Å². The molecule has 2 aromatic rings. The second kappa shape index (κ2) is 6.71. The Morgan fingerprint density at radius 2 is 1.86 bits per heavy atom. The molecule has 22 heavy (non-hydrogen) atoms. The van der Waals surface area contributed by atoms with E-state index in [1.165, 1.54) is 13.2 Å². The van der Waals surface area contributed by atoms with E-state index in [0.29, 0.717) is 21.8 Å². The summed E-state index contributed by atoms with van der Waals surface area (Å²) in [6.07, 6.45) is 0. The maximum Gasteiger partial charge on any atom is 0.265 e. The average molecular weight is 384 g/mol. The van der Waals surface area contributed by atoms with Crippen LogP contribution in [0.4, 0.5) is 5.69 Å². The number of hydrogen-bond donors (Lipinski definition) is 1. The third-order valence-corrected chi connectivity index (χ3v) is 5.12. The van der Waals surface area contributed by atoms with Gasteiger partial charge >= 0.3 is 0 Å². The van der Waals surface area contributed by atoms with Gasteiger partial charge in [-0.05, 0) is 41.8 Å². The minimum absolute atomic E-state index is 0.0966. The molecule has 0 radical (unpaired) electrons. The Morgan fingerprint density at radius 3 is 2.50 bits per heavy atom. The number of ether oxygens (including phenoxy) is 1. The van der Waals surface area contributed by atoms with Crippen molar-refractivity contribution in [3.05, 3.63) is 52.5 Å². The van der Waals surface area contributed by atoms with E-state index in [1.54, 1.807) is 18.2 Å². The maximum atomic E-state index is 12.6. The molecule has 118 valence electrons. The molecule has 0 aromatic heterocycles. The zero-order chi connectivity index (χ0) is 16.3. The number of anilines is 1. The number of benzene rings is 2. The van der Waals surface area contributed by atoms with E-state index in [0.717, 1.165) is 5.56 Å². The van der Waals surface area contributed by atoms with Crippen molar-refractivity contribution in [1.82, 2.24) is 0 Å². The first-order valence-corrected chi connectivity index (χ1v) is 9.07. The summed E-state index contributed by atoms with van der Waals surface area (Å²) in [7, 11) is -2.28. The lowest BCUT2D eigenvalue weighted by Gasteiger charge is -2.13. The highest BCUT2D eigenvalue weighted by atomic mass is 79.9. The topological polar surface area (TPSA) is 55.4 Å². The first kappa shape index (κ1) is 16.8. The van der Waals surface area contributed by atoms with Crippen LogP contribution < -0.4 is 9.46 Å². The molecule has 2 aromatic carbocycles. The van der Waals surface area contributed by atoms with Crippen LogP contribution >= 0.6 is 15.9 Å². The maximum absolute atomic E-state index is 12.6. The predicted octanol–water partition coefficient (Wildman–Crippen LogP) is 4.38. The van der Waals surface area contributed by atoms with E-state index >= 15 is 0 Å². The van der Waals surface area contributed by atoms with E-state index in [-0.39, 0.29) is 4.90 Å². The number of nitrogens with one attached hydrogen (secondary N) is 1. The Balaban J connectivity index is 2.40. The van der Waals surface area contributed by atoms with Crippen molar-refractivity contribution in [2.24, 2.45) is 0 Å². The van der Waals surface area contributed by atoms with Crippen molar-refractivity contribution in [1.29, 1.82) is 0 Å². The normalized spacial score (nSPS) is 11.5. The molecular formula is C16H18BrNO3S. The second-order valence-corrected chi connectivity index (χ2v) is 7.75. The number of sulfonamides is 1. The lowest BCUT2D eigenvalue weighted by Crippen LogP contribution is -2.14. The zero-order valence-corrected chi connectivity index (χ0v) is 15.0. The van der Waals surface area contributed by atoms with E-state index in [2.05, 4.69) is 34.5 Å². The molecule has 4 nitrogen and oxygen atoms in total. The molecule has 0 fully saturated rings. The number of rotatable bonds is 5. The summed E-state index contributed by atoms with van der Waals surface area (Å²) in [6.45, 7) is 4.12. The van der Waals surface area contributed by atoms with Gasteiger partial charge in [0.1, 0.15) is 10.6 Å². The van der Waals surface area contributed by atoms with Crippen LogP contribution in [-0.2, 0) is 10.0 Å². The largest absolute Gasteiger partial charge is 0.495 e. The fraction of sp³-hybridized carbons (Fsp3) is 0.250. The van der Waals surface area contributed by atoms with Gasteiger partial charge in [0.25, 0.3) is 10.0 Å². The number of methoxy groups -OCH3 is 1. The lowest BCUT2D eigenvalue weighted by molar-refractivity contribution is 0.403. The minimum Gasteiger partial charge on any atom is -0.495 e. The molecule has 0 aliphatic rings. The van der Waals surface area contributed by atoms with E-state index in [1.807, 2.05) is 18.2 Å². The highest BCUT2D eigenvalue weighted by Crippen LogP contribution is 2.29. The van der Waals surface area contributed by atoms with E-state index in [4.69, 9.17) is 4.74 Å². The molecule has 0 saturated heterocycles. The van der Waals surface area contributed by atoms with Crippen LogP contribution in [0.1, 0.15) is 25.3 Å². The van der Waals surface area contributed by atoms with Crippen molar-refractivity contribution in [2.75, 3.05) is 11.8 Å². The molecule has 0 amide bonds. The van der Waals surface area contributed by atoms with Crippen molar-refractivity contribution in [3.8, 4) is 5.75 Å². The van der Waals surface area contributed by atoms with Crippen LogP contribution in [0.15, 0.2) is 51.8 Å². The highest BCUT2D eigenvalue weighted by molar-refractivity contribution is 9.10. The molecule has 0 aliphatic carbocycles. The predicted molar refractivity (Wildman–Crippen MR) is 92.0 cm³/mol. The van der Waals surface area contributed by atoms with Crippen molar-refractivity contribution >= 4 is 31.6 Å². The van der Waals surface area contributed by atoms with Crippen LogP contribution in [0, 0.1) is 0 Å². The van der Waals surface area contributed by atoms with Crippen LogP contribution in [0.2, 0.25) is 0 Å². The van der Waals surface area contributed by atoms with Crippen LogP contribution in [0.3, 0.4) is 0 Å². The van der Waals surface area contributed by atoms with Gasteiger partial charge in [0.2, 0.25) is 0 Å². The Bertz CT molecular complexity index is 773. The van der Waals surface area contributed by atoms with Gasteiger partial charge in [-0.2, -0.15) is 0 Å². The summed E-state index contributed by atoms with van der Waals surface area (Å²) in [5, 5.41) is 0. The van der Waals surface area contributed by atoms with Gasteiger partial charge in [0, 0.05) is 10.2 Å². The third kappa shape index (κ3) is 3.81. The summed E-state index contributed by atoms with van der Waals surface area (Å²) in [6, 6.07) is 12.3. The molecule has 0 bridgehead atoms. The molecular weight excluding hydrogens is 366 g/mol.